The molecule has 3 rings (SSSR count). The molecule has 5 nitrogen and oxygen atoms in total. The smallest absolute Gasteiger partial charge is 0.279 e. The van der Waals surface area contributed by atoms with Crippen LogP contribution in [0.4, 0.5) is 5.69 Å². The third-order valence-electron chi connectivity index (χ3n) is 4.48. The molecule has 0 bridgehead atoms. The Kier molecular flexibility index (Phi) is 5.38. The van der Waals surface area contributed by atoms with Crippen LogP contribution in [0.3, 0.4) is 0 Å². The number of carbonyl (C=O) groups is 2. The summed E-state index contributed by atoms with van der Waals surface area (Å²) in [5.74, 6) is -0.478. The number of anilines is 1. The van der Waals surface area contributed by atoms with Gasteiger partial charge in [0.1, 0.15) is 0 Å². The van der Waals surface area contributed by atoms with Gasteiger partial charge < -0.3 is 4.90 Å². The largest absolute Gasteiger partial charge is 0.362 e. The Balaban J connectivity index is 1.56. The van der Waals surface area contributed by atoms with Crippen molar-refractivity contribution in [2.75, 3.05) is 18.0 Å². The molecular formula is C19H23N3O2S. The number of carbonyl (C=O) groups excluding carboxylic acids is 2. The number of fused-ring (bicyclic) bond motifs is 1. The molecule has 0 aliphatic carbocycles. The van der Waals surface area contributed by atoms with Gasteiger partial charge >= 0.3 is 0 Å². The second-order valence-corrected chi connectivity index (χ2v) is 7.46. The number of thiophene rings is 1. The quantitative estimate of drug-likeness (QED) is 0.827. The number of nitrogens with zero attached hydrogens (tertiary/aromatic N) is 1. The van der Waals surface area contributed by atoms with E-state index < -0.39 is 0 Å². The van der Waals surface area contributed by atoms with Crippen molar-refractivity contribution in [3.63, 3.8) is 0 Å². The molecule has 1 aromatic carbocycles. The highest BCUT2D eigenvalue weighted by Gasteiger charge is 2.19. The van der Waals surface area contributed by atoms with E-state index in [9.17, 15) is 9.59 Å². The molecule has 1 aromatic heterocycles. The predicted molar refractivity (Wildman–Crippen MR) is 101 cm³/mol. The number of para-hydroxylation sites is 1. The van der Waals surface area contributed by atoms with E-state index >= 15 is 0 Å². The fraction of sp³-hybridized carbons (Fsp3) is 0.368. The lowest BCUT2D eigenvalue weighted by Gasteiger charge is -2.30. The number of benzene rings is 1. The highest BCUT2D eigenvalue weighted by molar-refractivity contribution is 7.14. The first-order chi connectivity index (χ1) is 12.1. The maximum atomic E-state index is 12.2. The summed E-state index contributed by atoms with van der Waals surface area (Å²) in [6.07, 6.45) is 2.98. The second kappa shape index (κ2) is 7.70. The van der Waals surface area contributed by atoms with E-state index in [0.29, 0.717) is 4.88 Å². The van der Waals surface area contributed by atoms with Crippen molar-refractivity contribution in [3.05, 3.63) is 51.2 Å². The summed E-state index contributed by atoms with van der Waals surface area (Å²) in [5.41, 5.74) is 8.61. The van der Waals surface area contributed by atoms with Gasteiger partial charge in [0.15, 0.2) is 0 Å². The van der Waals surface area contributed by atoms with Crippen LogP contribution in [0.2, 0.25) is 0 Å². The third kappa shape index (κ3) is 4.02. The molecule has 2 amide bonds. The maximum absolute atomic E-state index is 12.2. The Labute approximate surface area is 152 Å². The average molecular weight is 357 g/mol. The molecule has 0 spiro atoms. The summed E-state index contributed by atoms with van der Waals surface area (Å²) in [5, 5.41) is 0. The number of amides is 2. The van der Waals surface area contributed by atoms with E-state index in [-0.39, 0.29) is 18.4 Å². The van der Waals surface area contributed by atoms with E-state index in [4.69, 9.17) is 0 Å². The van der Waals surface area contributed by atoms with Crippen molar-refractivity contribution in [2.45, 2.75) is 33.1 Å². The van der Waals surface area contributed by atoms with E-state index in [1.165, 1.54) is 22.5 Å². The molecule has 0 saturated carbocycles. The third-order valence-corrected chi connectivity index (χ3v) is 5.57. The Morgan fingerprint density at radius 1 is 1.24 bits per heavy atom. The highest BCUT2D eigenvalue weighted by atomic mass is 32.1. The van der Waals surface area contributed by atoms with Crippen LogP contribution in [0.25, 0.3) is 0 Å². The Morgan fingerprint density at radius 2 is 2.04 bits per heavy atom. The number of nitrogens with one attached hydrogen (secondary N) is 2. The molecule has 6 heteroatoms. The first kappa shape index (κ1) is 17.5. The number of hydrazine groups is 1. The van der Waals surface area contributed by atoms with E-state index in [2.05, 4.69) is 28.7 Å². The first-order valence-electron chi connectivity index (χ1n) is 8.60. The molecule has 25 heavy (non-hydrogen) atoms. The van der Waals surface area contributed by atoms with Gasteiger partial charge in [-0.2, -0.15) is 0 Å². The molecule has 2 heterocycles. The summed E-state index contributed by atoms with van der Waals surface area (Å²) in [4.78, 5) is 28.2. The number of hydrogen-bond donors (Lipinski definition) is 2. The summed E-state index contributed by atoms with van der Waals surface area (Å²) < 4.78 is 0. The fourth-order valence-electron chi connectivity index (χ4n) is 3.16. The number of rotatable bonds is 4. The van der Waals surface area contributed by atoms with Gasteiger partial charge in [0.2, 0.25) is 0 Å². The molecule has 2 aromatic rings. The van der Waals surface area contributed by atoms with Crippen LogP contribution in [-0.4, -0.2) is 24.9 Å². The van der Waals surface area contributed by atoms with Gasteiger partial charge in [-0.3, -0.25) is 20.4 Å². The molecule has 0 radical (unpaired) electrons. The van der Waals surface area contributed by atoms with Crippen LogP contribution in [0, 0.1) is 6.92 Å². The minimum atomic E-state index is -0.264. The lowest BCUT2D eigenvalue weighted by molar-refractivity contribution is -0.120. The minimum Gasteiger partial charge on any atom is -0.362 e. The average Bonchev–Trinajstić information content (AvgIpc) is 3.01. The number of aryl methyl sites for hydroxylation is 3. The lowest BCUT2D eigenvalue weighted by Crippen LogP contribution is -2.47. The molecule has 132 valence electrons. The SMILES string of the molecule is CCc1cc(C(=O)NNC(=O)CN2CCCc3ccccc32)sc1C. The van der Waals surface area contributed by atoms with Gasteiger partial charge in [0, 0.05) is 17.1 Å². The van der Waals surface area contributed by atoms with Crippen molar-refractivity contribution in [1.29, 1.82) is 0 Å². The van der Waals surface area contributed by atoms with Crippen molar-refractivity contribution >= 4 is 28.8 Å². The topological polar surface area (TPSA) is 61.4 Å². The standard InChI is InChI=1S/C19H23N3O2S/c1-3-14-11-17(25-13(14)2)19(24)21-20-18(23)12-22-10-6-8-15-7-4-5-9-16(15)22/h4-5,7,9,11H,3,6,8,10,12H2,1-2H3,(H,20,23)(H,21,24). The number of hydrogen-bond acceptors (Lipinski definition) is 4. The normalized spacial score (nSPS) is 13.3. The van der Waals surface area contributed by atoms with Crippen LogP contribution in [0.5, 0.6) is 0 Å². The van der Waals surface area contributed by atoms with Crippen LogP contribution in [-0.2, 0) is 17.6 Å². The van der Waals surface area contributed by atoms with Crippen LogP contribution >= 0.6 is 11.3 Å². The zero-order chi connectivity index (χ0) is 17.8. The van der Waals surface area contributed by atoms with Gasteiger partial charge in [-0.15, -0.1) is 11.3 Å². The summed E-state index contributed by atoms with van der Waals surface area (Å²) in [6, 6.07) is 10.0. The van der Waals surface area contributed by atoms with Crippen LogP contribution < -0.4 is 15.8 Å². The molecule has 1 aliphatic rings. The van der Waals surface area contributed by atoms with Gasteiger partial charge in [-0.05, 0) is 49.4 Å². The monoisotopic (exact) mass is 357 g/mol. The van der Waals surface area contributed by atoms with E-state index in [1.54, 1.807) is 0 Å². The molecular weight excluding hydrogens is 334 g/mol. The molecule has 1 aliphatic heterocycles. The molecule has 0 saturated heterocycles. The summed E-state index contributed by atoms with van der Waals surface area (Å²) in [6.45, 7) is 5.16. The molecule has 0 atom stereocenters. The van der Waals surface area contributed by atoms with Crippen LogP contribution in [0.15, 0.2) is 30.3 Å². The van der Waals surface area contributed by atoms with Crippen molar-refractivity contribution in [2.24, 2.45) is 0 Å². The van der Waals surface area contributed by atoms with Crippen LogP contribution in [0.1, 0.15) is 39.0 Å². The second-order valence-electron chi connectivity index (χ2n) is 6.20. The van der Waals surface area contributed by atoms with Gasteiger partial charge in [-0.1, -0.05) is 25.1 Å². The Morgan fingerprint density at radius 3 is 2.80 bits per heavy atom. The van der Waals surface area contributed by atoms with Gasteiger partial charge in [0.25, 0.3) is 11.8 Å². The molecule has 2 N–H and O–H groups in total. The van der Waals surface area contributed by atoms with E-state index in [0.717, 1.165) is 36.4 Å². The Hall–Kier alpha value is -2.34. The molecule has 0 unspecified atom stereocenters. The zero-order valence-electron chi connectivity index (χ0n) is 14.6. The summed E-state index contributed by atoms with van der Waals surface area (Å²) >= 11 is 1.45. The van der Waals surface area contributed by atoms with Crippen molar-refractivity contribution in [1.82, 2.24) is 10.9 Å². The summed E-state index contributed by atoms with van der Waals surface area (Å²) in [7, 11) is 0. The fourth-order valence-corrected chi connectivity index (χ4v) is 4.17. The minimum absolute atomic E-state index is 0.214. The first-order valence-corrected chi connectivity index (χ1v) is 9.41. The molecule has 0 fully saturated rings. The van der Waals surface area contributed by atoms with Crippen molar-refractivity contribution in [3.8, 4) is 0 Å². The van der Waals surface area contributed by atoms with E-state index in [1.807, 2.05) is 31.2 Å². The van der Waals surface area contributed by atoms with Gasteiger partial charge in [0.05, 0.1) is 11.4 Å². The zero-order valence-corrected chi connectivity index (χ0v) is 15.4. The van der Waals surface area contributed by atoms with Crippen molar-refractivity contribution < 1.29 is 9.59 Å². The lowest BCUT2D eigenvalue weighted by atomic mass is 10.0. The maximum Gasteiger partial charge on any atom is 0.279 e. The highest BCUT2D eigenvalue weighted by Crippen LogP contribution is 2.26. The predicted octanol–water partition coefficient (Wildman–Crippen LogP) is 2.83. The van der Waals surface area contributed by atoms with Gasteiger partial charge in [-0.25, -0.2) is 0 Å². The Bertz CT molecular complexity index is 785.